The van der Waals surface area contributed by atoms with Crippen LogP contribution in [-0.4, -0.2) is 37.5 Å². The van der Waals surface area contributed by atoms with Crippen molar-refractivity contribution in [1.29, 1.82) is 0 Å². The number of fused-ring (bicyclic) bond motifs is 2. The van der Waals surface area contributed by atoms with E-state index in [0.717, 1.165) is 21.3 Å². The molecular weight excluding hydrogens is 326 g/mol. The molecule has 1 unspecified atom stereocenters. The maximum atomic E-state index is 13.0. The minimum absolute atomic E-state index is 0.128. The summed E-state index contributed by atoms with van der Waals surface area (Å²) < 4.78 is 0.786. The van der Waals surface area contributed by atoms with Gasteiger partial charge in [-0.1, -0.05) is 0 Å². The number of aromatic hydroxyl groups is 2. The summed E-state index contributed by atoms with van der Waals surface area (Å²) in [5.74, 6) is -0.440. The zero-order valence-electron chi connectivity index (χ0n) is 12.9. The Morgan fingerprint density at radius 2 is 2.08 bits per heavy atom. The normalized spacial score (nSPS) is 17.0. The molecule has 0 radical (unpaired) electrons. The average Bonchev–Trinajstić information content (AvgIpc) is 3.05. The largest absolute Gasteiger partial charge is 0.504 e. The molecule has 0 fully saturated rings. The highest BCUT2D eigenvalue weighted by atomic mass is 32.1. The molecule has 1 amide bonds. The van der Waals surface area contributed by atoms with E-state index in [1.165, 1.54) is 23.7 Å². The quantitative estimate of drug-likeness (QED) is 0.665. The van der Waals surface area contributed by atoms with Crippen LogP contribution in [0.3, 0.4) is 0 Å². The number of rotatable bonds is 1. The van der Waals surface area contributed by atoms with Crippen molar-refractivity contribution in [1.82, 2.24) is 14.9 Å². The molecule has 1 aliphatic heterocycles. The highest BCUT2D eigenvalue weighted by Gasteiger charge is 2.31. The maximum absolute atomic E-state index is 13.0. The minimum atomic E-state index is -0.210. The molecule has 4 rings (SSSR count). The van der Waals surface area contributed by atoms with E-state index in [-0.39, 0.29) is 23.4 Å². The molecular formula is C17H15N3O3S. The monoisotopic (exact) mass is 341 g/mol. The summed E-state index contributed by atoms with van der Waals surface area (Å²) in [6.07, 6.45) is 2.03. The first-order valence-corrected chi connectivity index (χ1v) is 8.48. The lowest BCUT2D eigenvalue weighted by Gasteiger charge is -2.35. The first kappa shape index (κ1) is 14.9. The third kappa shape index (κ3) is 2.20. The van der Waals surface area contributed by atoms with Gasteiger partial charge >= 0.3 is 0 Å². The predicted octanol–water partition coefficient (Wildman–Crippen LogP) is 2.86. The standard InChI is InChI=1S/C17H15N3O3S/c1-9-11-7-14(22)13(21)6-10(11)2-4-20(9)17(23)15-16-12(3-5-24-16)18-8-19-15/h3,5-9,21-22H,2,4H2,1H3. The number of carbonyl (C=O) groups excluding carboxylic acids is 1. The number of hydrogen-bond acceptors (Lipinski definition) is 6. The number of phenols is 2. The van der Waals surface area contributed by atoms with Gasteiger partial charge in [-0.25, -0.2) is 9.97 Å². The maximum Gasteiger partial charge on any atom is 0.274 e. The zero-order chi connectivity index (χ0) is 16.8. The lowest BCUT2D eigenvalue weighted by molar-refractivity contribution is 0.0673. The summed E-state index contributed by atoms with van der Waals surface area (Å²) in [6, 6.07) is 4.77. The topological polar surface area (TPSA) is 86.5 Å². The van der Waals surface area contributed by atoms with Crippen molar-refractivity contribution in [3.63, 3.8) is 0 Å². The van der Waals surface area contributed by atoms with E-state index in [4.69, 9.17) is 0 Å². The fourth-order valence-electron chi connectivity index (χ4n) is 3.20. The van der Waals surface area contributed by atoms with Crippen molar-refractivity contribution in [2.75, 3.05) is 6.54 Å². The molecule has 6 nitrogen and oxygen atoms in total. The summed E-state index contributed by atoms with van der Waals surface area (Å²) in [7, 11) is 0. The van der Waals surface area contributed by atoms with Crippen LogP contribution in [0.25, 0.3) is 10.2 Å². The van der Waals surface area contributed by atoms with E-state index in [1.54, 1.807) is 11.0 Å². The van der Waals surface area contributed by atoms with Crippen molar-refractivity contribution < 1.29 is 15.0 Å². The summed E-state index contributed by atoms with van der Waals surface area (Å²) in [6.45, 7) is 2.45. The number of phenolic OH excluding ortho intramolecular Hbond substituents is 2. The molecule has 0 saturated heterocycles. The Morgan fingerprint density at radius 3 is 2.92 bits per heavy atom. The Labute approximate surface area is 142 Å². The van der Waals surface area contributed by atoms with Gasteiger partial charge < -0.3 is 15.1 Å². The molecule has 1 atom stereocenters. The van der Waals surface area contributed by atoms with Gasteiger partial charge in [-0.05, 0) is 48.1 Å². The van der Waals surface area contributed by atoms with E-state index >= 15 is 0 Å². The predicted molar refractivity (Wildman–Crippen MR) is 90.3 cm³/mol. The molecule has 7 heteroatoms. The van der Waals surface area contributed by atoms with Crippen molar-refractivity contribution >= 4 is 27.5 Å². The van der Waals surface area contributed by atoms with E-state index in [9.17, 15) is 15.0 Å². The fourth-order valence-corrected chi connectivity index (χ4v) is 4.02. The number of nitrogens with zero attached hydrogens (tertiary/aromatic N) is 3. The second kappa shape index (κ2) is 5.45. The number of aromatic nitrogens is 2. The molecule has 1 aliphatic rings. The van der Waals surface area contributed by atoms with Crippen LogP contribution in [0.15, 0.2) is 29.9 Å². The van der Waals surface area contributed by atoms with E-state index < -0.39 is 0 Å². The zero-order valence-corrected chi connectivity index (χ0v) is 13.7. The van der Waals surface area contributed by atoms with E-state index in [2.05, 4.69) is 9.97 Å². The van der Waals surface area contributed by atoms with Crippen LogP contribution in [0.5, 0.6) is 11.5 Å². The summed E-state index contributed by atoms with van der Waals surface area (Å²) >= 11 is 1.45. The molecule has 3 aromatic rings. The number of hydrogen-bond donors (Lipinski definition) is 2. The second-order valence-electron chi connectivity index (χ2n) is 5.82. The lowest BCUT2D eigenvalue weighted by atomic mass is 9.92. The first-order valence-electron chi connectivity index (χ1n) is 7.60. The Hall–Kier alpha value is -2.67. The smallest absolute Gasteiger partial charge is 0.274 e. The van der Waals surface area contributed by atoms with Crippen LogP contribution < -0.4 is 0 Å². The number of thiophene rings is 1. The van der Waals surface area contributed by atoms with Crippen molar-refractivity contribution in [2.45, 2.75) is 19.4 Å². The molecule has 2 N–H and O–H groups in total. The Balaban J connectivity index is 1.73. The fraction of sp³-hybridized carbons (Fsp3) is 0.235. The van der Waals surface area contributed by atoms with Gasteiger partial charge in [0.05, 0.1) is 16.3 Å². The first-order chi connectivity index (χ1) is 11.6. The number of amides is 1. The van der Waals surface area contributed by atoms with Crippen LogP contribution >= 0.6 is 11.3 Å². The van der Waals surface area contributed by atoms with Crippen LogP contribution in [0, 0.1) is 0 Å². The molecule has 24 heavy (non-hydrogen) atoms. The van der Waals surface area contributed by atoms with Crippen LogP contribution in [-0.2, 0) is 6.42 Å². The highest BCUT2D eigenvalue weighted by molar-refractivity contribution is 7.17. The number of benzene rings is 1. The number of carbonyl (C=O) groups is 1. The Bertz CT molecular complexity index is 953. The molecule has 1 aromatic carbocycles. The van der Waals surface area contributed by atoms with Crippen LogP contribution in [0.1, 0.15) is 34.6 Å². The van der Waals surface area contributed by atoms with Gasteiger partial charge in [0.15, 0.2) is 11.5 Å². The molecule has 0 spiro atoms. The van der Waals surface area contributed by atoms with Gasteiger partial charge in [-0.3, -0.25) is 4.79 Å². The van der Waals surface area contributed by atoms with Gasteiger partial charge in [-0.2, -0.15) is 0 Å². The molecule has 0 aliphatic carbocycles. The summed E-state index contributed by atoms with van der Waals surface area (Å²) in [5, 5.41) is 21.3. The average molecular weight is 341 g/mol. The second-order valence-corrected chi connectivity index (χ2v) is 6.74. The third-order valence-electron chi connectivity index (χ3n) is 4.48. The van der Waals surface area contributed by atoms with Crippen LogP contribution in [0.2, 0.25) is 0 Å². The molecule has 0 saturated carbocycles. The Kier molecular flexibility index (Phi) is 3.38. The van der Waals surface area contributed by atoms with Gasteiger partial charge in [0.25, 0.3) is 5.91 Å². The Morgan fingerprint density at radius 1 is 1.29 bits per heavy atom. The van der Waals surface area contributed by atoms with E-state index in [0.29, 0.717) is 18.7 Å². The lowest BCUT2D eigenvalue weighted by Crippen LogP contribution is -2.39. The SMILES string of the molecule is CC1c2cc(O)c(O)cc2CCN1C(=O)c1ncnc2ccsc12. The molecule has 2 aromatic heterocycles. The molecule has 3 heterocycles. The summed E-state index contributed by atoms with van der Waals surface area (Å²) in [4.78, 5) is 23.1. The van der Waals surface area contributed by atoms with Crippen molar-refractivity contribution in [2.24, 2.45) is 0 Å². The van der Waals surface area contributed by atoms with Crippen LogP contribution in [0.4, 0.5) is 0 Å². The van der Waals surface area contributed by atoms with E-state index in [1.807, 2.05) is 18.4 Å². The van der Waals surface area contributed by atoms with Crippen molar-refractivity contribution in [3.05, 3.63) is 46.7 Å². The van der Waals surface area contributed by atoms with Gasteiger partial charge in [0.1, 0.15) is 12.0 Å². The van der Waals surface area contributed by atoms with Gasteiger partial charge in [-0.15, -0.1) is 11.3 Å². The highest BCUT2D eigenvalue weighted by Crippen LogP contribution is 2.37. The molecule has 0 bridgehead atoms. The molecule has 122 valence electrons. The van der Waals surface area contributed by atoms with Gasteiger partial charge in [0.2, 0.25) is 0 Å². The van der Waals surface area contributed by atoms with Gasteiger partial charge in [0, 0.05) is 6.54 Å². The van der Waals surface area contributed by atoms with Crippen molar-refractivity contribution in [3.8, 4) is 11.5 Å². The minimum Gasteiger partial charge on any atom is -0.504 e. The summed E-state index contributed by atoms with van der Waals surface area (Å²) in [5.41, 5.74) is 2.98. The third-order valence-corrected chi connectivity index (χ3v) is 5.39.